The fraction of sp³-hybridized carbons (Fsp3) is 0. The zero-order valence-corrected chi connectivity index (χ0v) is 23.7. The molecule has 42 heavy (non-hydrogen) atoms. The second-order valence-electron chi connectivity index (χ2n) is 9.99. The number of thiazole rings is 1. The van der Waals surface area contributed by atoms with Gasteiger partial charge in [-0.3, -0.25) is 0 Å². The van der Waals surface area contributed by atoms with Crippen LogP contribution in [0, 0.1) is 0 Å². The van der Waals surface area contributed by atoms with Crippen LogP contribution in [-0.4, -0.2) is 11.9 Å². The topological polar surface area (TPSA) is 25.4 Å². The SMILES string of the molecule is c1ccc(B(Oc2cc(N(c3ccccc3)c3ccccc3)ccc2-c2nc3ccccc3s2)c2ccccc2)cc1. The molecule has 1 aromatic heterocycles. The molecule has 0 spiro atoms. The maximum Gasteiger partial charge on any atom is 0.426 e. The van der Waals surface area contributed by atoms with Gasteiger partial charge in [0, 0.05) is 23.1 Å². The van der Waals surface area contributed by atoms with Crippen molar-refractivity contribution in [3.05, 3.63) is 164 Å². The smallest absolute Gasteiger partial charge is 0.426 e. The van der Waals surface area contributed by atoms with Crippen molar-refractivity contribution in [2.45, 2.75) is 0 Å². The van der Waals surface area contributed by atoms with E-state index in [0.717, 1.165) is 54.5 Å². The molecule has 0 atom stereocenters. The van der Waals surface area contributed by atoms with Gasteiger partial charge in [-0.15, -0.1) is 11.3 Å². The molecule has 7 aromatic rings. The average molecular weight is 559 g/mol. The molecule has 0 aliphatic rings. The Kier molecular flexibility index (Phi) is 7.24. The average Bonchev–Trinajstić information content (AvgIpc) is 3.50. The van der Waals surface area contributed by atoms with E-state index < -0.39 is 0 Å². The van der Waals surface area contributed by atoms with Gasteiger partial charge in [-0.1, -0.05) is 109 Å². The summed E-state index contributed by atoms with van der Waals surface area (Å²) in [5.41, 5.74) is 7.30. The standard InChI is InChI=1S/C37H27BN2OS/c1-5-15-28(16-6-1)38(29-17-7-2-8-18-29)41-35-27-32(25-26-33(35)37-39-34-23-13-14-24-36(34)42-37)40(30-19-9-3-10-20-30)31-21-11-4-12-22-31/h1-27H. The number of benzene rings is 6. The number of hydrogen-bond acceptors (Lipinski definition) is 4. The van der Waals surface area contributed by atoms with Gasteiger partial charge in [-0.05, 0) is 59.5 Å². The molecule has 200 valence electrons. The molecule has 6 aromatic carbocycles. The summed E-state index contributed by atoms with van der Waals surface area (Å²) in [6, 6.07) is 56.4. The second-order valence-corrected chi connectivity index (χ2v) is 11.0. The Morgan fingerprint density at radius 1 is 0.524 bits per heavy atom. The minimum atomic E-state index is -0.294. The van der Waals surface area contributed by atoms with Crippen LogP contribution < -0.4 is 20.5 Å². The first kappa shape index (κ1) is 25.8. The zero-order valence-electron chi connectivity index (χ0n) is 22.9. The molecular formula is C37H27BN2OS. The quantitative estimate of drug-likeness (QED) is 0.175. The molecule has 0 saturated heterocycles. The van der Waals surface area contributed by atoms with Crippen molar-refractivity contribution in [2.24, 2.45) is 0 Å². The van der Waals surface area contributed by atoms with Crippen molar-refractivity contribution >= 4 is 56.5 Å². The van der Waals surface area contributed by atoms with E-state index in [0.29, 0.717) is 0 Å². The Morgan fingerprint density at radius 3 is 1.62 bits per heavy atom. The molecule has 1 heterocycles. The third-order valence-electron chi connectivity index (χ3n) is 7.23. The van der Waals surface area contributed by atoms with E-state index in [1.165, 1.54) is 0 Å². The van der Waals surface area contributed by atoms with E-state index in [2.05, 4.69) is 138 Å². The number of nitrogens with zero attached hydrogens (tertiary/aromatic N) is 2. The number of para-hydroxylation sites is 3. The normalized spacial score (nSPS) is 10.9. The molecule has 0 fully saturated rings. The molecule has 7 rings (SSSR count). The van der Waals surface area contributed by atoms with Gasteiger partial charge in [0.1, 0.15) is 10.8 Å². The summed E-state index contributed by atoms with van der Waals surface area (Å²) in [6.45, 7) is -0.294. The maximum atomic E-state index is 7.07. The van der Waals surface area contributed by atoms with Crippen LogP contribution in [0.15, 0.2) is 164 Å². The summed E-state index contributed by atoms with van der Waals surface area (Å²) < 4.78 is 8.22. The molecule has 0 bridgehead atoms. The third-order valence-corrected chi connectivity index (χ3v) is 8.30. The van der Waals surface area contributed by atoms with Gasteiger partial charge >= 0.3 is 6.92 Å². The summed E-state index contributed by atoms with van der Waals surface area (Å²) in [6.07, 6.45) is 0. The van der Waals surface area contributed by atoms with Crippen LogP contribution in [0.5, 0.6) is 5.75 Å². The van der Waals surface area contributed by atoms with Gasteiger partial charge in [-0.2, -0.15) is 0 Å². The lowest BCUT2D eigenvalue weighted by atomic mass is 9.55. The van der Waals surface area contributed by atoms with Crippen molar-refractivity contribution in [3.63, 3.8) is 0 Å². The van der Waals surface area contributed by atoms with Crippen molar-refractivity contribution < 1.29 is 4.65 Å². The maximum absolute atomic E-state index is 7.07. The van der Waals surface area contributed by atoms with Gasteiger partial charge in [-0.25, -0.2) is 4.98 Å². The lowest BCUT2D eigenvalue weighted by Crippen LogP contribution is -2.47. The van der Waals surface area contributed by atoms with Crippen molar-refractivity contribution in [2.75, 3.05) is 4.90 Å². The molecule has 0 amide bonds. The lowest BCUT2D eigenvalue weighted by molar-refractivity contribution is 0.594. The number of anilines is 3. The molecule has 0 saturated carbocycles. The number of aromatic nitrogens is 1. The van der Waals surface area contributed by atoms with Crippen LogP contribution in [0.3, 0.4) is 0 Å². The second kappa shape index (κ2) is 11.8. The van der Waals surface area contributed by atoms with Crippen LogP contribution in [0.4, 0.5) is 17.1 Å². The molecular weight excluding hydrogens is 531 g/mol. The molecule has 0 aliphatic carbocycles. The fourth-order valence-corrected chi connectivity index (χ4v) is 6.22. The molecule has 0 N–H and O–H groups in total. The summed E-state index contributed by atoms with van der Waals surface area (Å²) in [5, 5.41) is 0.934. The van der Waals surface area contributed by atoms with Crippen LogP contribution in [-0.2, 0) is 0 Å². The first-order valence-corrected chi connectivity index (χ1v) is 14.8. The van der Waals surface area contributed by atoms with Crippen LogP contribution in [0.25, 0.3) is 20.8 Å². The number of hydrogen-bond donors (Lipinski definition) is 0. The summed E-state index contributed by atoms with van der Waals surface area (Å²) in [5.74, 6) is 0.779. The summed E-state index contributed by atoms with van der Waals surface area (Å²) in [7, 11) is 0. The Labute approximate surface area is 250 Å². The van der Waals surface area contributed by atoms with Crippen LogP contribution in [0.2, 0.25) is 0 Å². The van der Waals surface area contributed by atoms with Crippen molar-refractivity contribution in [3.8, 4) is 16.3 Å². The van der Waals surface area contributed by atoms with Gasteiger partial charge in [0.15, 0.2) is 0 Å². The predicted octanol–water partition coefficient (Wildman–Crippen LogP) is 8.62. The first-order chi connectivity index (χ1) is 20.8. The number of rotatable bonds is 8. The van der Waals surface area contributed by atoms with Crippen molar-refractivity contribution in [1.29, 1.82) is 0 Å². The third kappa shape index (κ3) is 5.30. The Bertz CT molecular complexity index is 1800. The summed E-state index contributed by atoms with van der Waals surface area (Å²) >= 11 is 1.69. The lowest BCUT2D eigenvalue weighted by Gasteiger charge is -2.27. The highest BCUT2D eigenvalue weighted by atomic mass is 32.1. The van der Waals surface area contributed by atoms with Gasteiger partial charge < -0.3 is 9.55 Å². The monoisotopic (exact) mass is 558 g/mol. The van der Waals surface area contributed by atoms with E-state index >= 15 is 0 Å². The highest BCUT2D eigenvalue weighted by Crippen LogP contribution is 2.41. The highest BCUT2D eigenvalue weighted by molar-refractivity contribution is 7.21. The van der Waals surface area contributed by atoms with Crippen molar-refractivity contribution in [1.82, 2.24) is 4.98 Å². The Hall–Kier alpha value is -5.13. The van der Waals surface area contributed by atoms with Crippen LogP contribution in [0.1, 0.15) is 0 Å². The van der Waals surface area contributed by atoms with Gasteiger partial charge in [0.2, 0.25) is 0 Å². The molecule has 3 nitrogen and oxygen atoms in total. The first-order valence-electron chi connectivity index (χ1n) is 14.0. The van der Waals surface area contributed by atoms with Gasteiger partial charge in [0.25, 0.3) is 0 Å². The van der Waals surface area contributed by atoms with E-state index in [1.54, 1.807) is 11.3 Å². The highest BCUT2D eigenvalue weighted by Gasteiger charge is 2.26. The largest absolute Gasteiger partial charge is 0.551 e. The molecule has 5 heteroatoms. The summed E-state index contributed by atoms with van der Waals surface area (Å²) in [4.78, 5) is 7.27. The van der Waals surface area contributed by atoms with E-state index in [9.17, 15) is 0 Å². The van der Waals surface area contributed by atoms with Gasteiger partial charge in [0.05, 0.1) is 15.8 Å². The molecule has 0 radical (unpaired) electrons. The zero-order chi connectivity index (χ0) is 28.1. The minimum absolute atomic E-state index is 0.294. The van der Waals surface area contributed by atoms with Crippen LogP contribution >= 0.6 is 11.3 Å². The fourth-order valence-electron chi connectivity index (χ4n) is 5.22. The van der Waals surface area contributed by atoms with E-state index in [-0.39, 0.29) is 6.92 Å². The Balaban J connectivity index is 1.41. The van der Waals surface area contributed by atoms with E-state index in [4.69, 9.17) is 9.64 Å². The minimum Gasteiger partial charge on any atom is -0.551 e. The predicted molar refractivity (Wildman–Crippen MR) is 178 cm³/mol. The van der Waals surface area contributed by atoms with E-state index in [1.807, 2.05) is 30.3 Å². The molecule has 0 aliphatic heterocycles. The Morgan fingerprint density at radius 2 is 1.05 bits per heavy atom. The molecule has 0 unspecified atom stereocenters. The number of fused-ring (bicyclic) bond motifs is 1.